The Kier molecular flexibility index (Phi) is 37.7. The van der Waals surface area contributed by atoms with Crippen molar-refractivity contribution in [3.8, 4) is 0 Å². The molecule has 2 N–H and O–H groups in total. The minimum Gasteiger partial charge on any atom is -0.396 e. The summed E-state index contributed by atoms with van der Waals surface area (Å²) in [6, 6.07) is 0. The van der Waals surface area contributed by atoms with E-state index in [1.54, 1.807) is 0 Å². The lowest BCUT2D eigenvalue weighted by Crippen LogP contribution is -2.04. The summed E-state index contributed by atoms with van der Waals surface area (Å²) in [5.74, 6) is 0. The van der Waals surface area contributed by atoms with Crippen molar-refractivity contribution in [2.45, 2.75) is 200 Å². The van der Waals surface area contributed by atoms with Gasteiger partial charge >= 0.3 is 10.4 Å². The zero-order valence-corrected chi connectivity index (χ0v) is 27.3. The molecule has 5 nitrogen and oxygen atoms in total. The quantitative estimate of drug-likeness (QED) is 0.0631. The Labute approximate surface area is 245 Å². The van der Waals surface area contributed by atoms with Crippen molar-refractivity contribution < 1.29 is 22.3 Å². The smallest absolute Gasteiger partial charge is 0.396 e. The average molecular weight is 579 g/mol. The van der Waals surface area contributed by atoms with Gasteiger partial charge in [0.25, 0.3) is 0 Å². The molecule has 0 aromatic rings. The fourth-order valence-electron chi connectivity index (χ4n) is 4.94. The number of aliphatic hydroxyl groups excluding tert-OH is 1. The van der Waals surface area contributed by atoms with Gasteiger partial charge in [0, 0.05) is 6.61 Å². The highest BCUT2D eigenvalue weighted by atomic mass is 32.3. The van der Waals surface area contributed by atoms with Crippen LogP contribution in [0.2, 0.25) is 0 Å². The van der Waals surface area contributed by atoms with E-state index in [0.717, 1.165) is 19.3 Å². The number of hydrogen-bond donors (Lipinski definition) is 2. The first-order valence-electron chi connectivity index (χ1n) is 17.2. The molecule has 0 aliphatic heterocycles. The molecule has 0 unspecified atom stereocenters. The molecule has 238 valence electrons. The minimum atomic E-state index is -4.24. The van der Waals surface area contributed by atoms with Gasteiger partial charge < -0.3 is 5.11 Å². The van der Waals surface area contributed by atoms with Crippen molar-refractivity contribution in [2.24, 2.45) is 0 Å². The Bertz CT molecular complexity index is 510. The van der Waals surface area contributed by atoms with Gasteiger partial charge in [-0.15, -0.1) is 0 Å². The molecular formula is C33H70O5S. The average Bonchev–Trinajstić information content (AvgIpc) is 2.91. The van der Waals surface area contributed by atoms with Crippen molar-refractivity contribution in [3.63, 3.8) is 0 Å². The van der Waals surface area contributed by atoms with Gasteiger partial charge in [0.15, 0.2) is 0 Å². The molecular weight excluding hydrogens is 508 g/mol. The summed E-state index contributed by atoms with van der Waals surface area (Å²) in [4.78, 5) is 0. The molecule has 0 fully saturated rings. The molecule has 0 amide bonds. The monoisotopic (exact) mass is 578 g/mol. The zero-order valence-electron chi connectivity index (χ0n) is 26.4. The summed E-state index contributed by atoms with van der Waals surface area (Å²) in [5, 5.41) is 8.64. The van der Waals surface area contributed by atoms with Crippen molar-refractivity contribution in [3.05, 3.63) is 0 Å². The Morgan fingerprint density at radius 1 is 0.410 bits per heavy atom. The summed E-state index contributed by atoms with van der Waals surface area (Å²) in [6.07, 6.45) is 38.2. The number of rotatable bonds is 31. The molecule has 0 aromatic heterocycles. The molecule has 0 heterocycles. The van der Waals surface area contributed by atoms with Crippen LogP contribution in [0.25, 0.3) is 0 Å². The summed E-state index contributed by atoms with van der Waals surface area (Å²) in [5.41, 5.74) is 0. The van der Waals surface area contributed by atoms with Crippen molar-refractivity contribution in [1.82, 2.24) is 0 Å². The molecule has 0 aliphatic rings. The molecule has 0 saturated heterocycles. The van der Waals surface area contributed by atoms with E-state index in [0.29, 0.717) is 13.0 Å². The first-order valence-corrected chi connectivity index (χ1v) is 18.6. The van der Waals surface area contributed by atoms with Gasteiger partial charge in [-0.2, -0.15) is 8.42 Å². The highest BCUT2D eigenvalue weighted by Gasteiger charge is 2.02. The second kappa shape index (κ2) is 35.9. The van der Waals surface area contributed by atoms with Crippen LogP contribution in [-0.4, -0.2) is 31.3 Å². The summed E-state index contributed by atoms with van der Waals surface area (Å²) in [7, 11) is -4.24. The fourth-order valence-corrected chi connectivity index (χ4v) is 5.27. The summed E-state index contributed by atoms with van der Waals surface area (Å²) in [6.45, 7) is 5.00. The van der Waals surface area contributed by atoms with Crippen molar-refractivity contribution in [1.29, 1.82) is 0 Å². The summed E-state index contributed by atoms with van der Waals surface area (Å²) < 4.78 is 33.3. The molecule has 0 atom stereocenters. The molecule has 0 aliphatic carbocycles. The van der Waals surface area contributed by atoms with Crippen LogP contribution in [-0.2, 0) is 14.6 Å². The predicted octanol–water partition coefficient (Wildman–Crippen LogP) is 11.1. The SMILES string of the molecule is CCCCCCCCCCCCCCCCCOS(=O)(=O)O.CCCCCCCCCCCCCCCCO. The molecule has 0 rings (SSSR count). The third-order valence-electron chi connectivity index (χ3n) is 7.49. The van der Waals surface area contributed by atoms with Gasteiger partial charge in [0.2, 0.25) is 0 Å². The van der Waals surface area contributed by atoms with Gasteiger partial charge in [-0.25, -0.2) is 4.18 Å². The van der Waals surface area contributed by atoms with Crippen molar-refractivity contribution in [2.75, 3.05) is 13.2 Å². The fraction of sp³-hybridized carbons (Fsp3) is 1.00. The van der Waals surface area contributed by atoms with Gasteiger partial charge in [-0.1, -0.05) is 187 Å². The van der Waals surface area contributed by atoms with E-state index >= 15 is 0 Å². The van der Waals surface area contributed by atoms with Crippen LogP contribution in [0, 0.1) is 0 Å². The summed E-state index contributed by atoms with van der Waals surface area (Å²) >= 11 is 0. The first kappa shape index (κ1) is 41.0. The lowest BCUT2D eigenvalue weighted by Gasteiger charge is -2.03. The Morgan fingerprint density at radius 3 is 0.872 bits per heavy atom. The standard InChI is InChI=1S/C17H36O4S.C16H34O/c1-2-3-4-5-6-7-8-9-10-11-12-13-14-15-16-17-21-22(18,19)20;1-2-3-4-5-6-7-8-9-10-11-12-13-14-15-16-17/h2-17H2,1H3,(H,18,19,20);17H,2-16H2,1H3. The lowest BCUT2D eigenvalue weighted by molar-refractivity contribution is 0.261. The second-order valence-electron chi connectivity index (χ2n) is 11.5. The Balaban J connectivity index is 0. The third-order valence-corrected chi connectivity index (χ3v) is 7.96. The maximum atomic E-state index is 10.3. The minimum absolute atomic E-state index is 0.0943. The molecule has 0 bridgehead atoms. The third kappa shape index (κ3) is 45.1. The van der Waals surface area contributed by atoms with Crippen LogP contribution < -0.4 is 0 Å². The second-order valence-corrected chi connectivity index (χ2v) is 12.6. The molecule has 0 radical (unpaired) electrons. The van der Waals surface area contributed by atoms with E-state index in [4.69, 9.17) is 9.66 Å². The van der Waals surface area contributed by atoms with Gasteiger partial charge in [-0.3, -0.25) is 4.55 Å². The van der Waals surface area contributed by atoms with E-state index in [1.165, 1.54) is 161 Å². The highest BCUT2D eigenvalue weighted by Crippen LogP contribution is 2.14. The number of unbranched alkanes of at least 4 members (excludes halogenated alkanes) is 27. The molecule has 0 spiro atoms. The van der Waals surface area contributed by atoms with Gasteiger partial charge in [-0.05, 0) is 12.8 Å². The zero-order chi connectivity index (χ0) is 29.1. The lowest BCUT2D eigenvalue weighted by atomic mass is 10.0. The van der Waals surface area contributed by atoms with Crippen molar-refractivity contribution >= 4 is 10.4 Å². The van der Waals surface area contributed by atoms with Crippen LogP contribution in [0.5, 0.6) is 0 Å². The Hall–Kier alpha value is -0.170. The maximum absolute atomic E-state index is 10.3. The molecule has 0 aromatic carbocycles. The Morgan fingerprint density at radius 2 is 0.641 bits per heavy atom. The van der Waals surface area contributed by atoms with Crippen LogP contribution in [0.15, 0.2) is 0 Å². The van der Waals surface area contributed by atoms with E-state index < -0.39 is 10.4 Å². The largest absolute Gasteiger partial charge is 0.397 e. The molecule has 0 saturated carbocycles. The van der Waals surface area contributed by atoms with E-state index in [1.807, 2.05) is 0 Å². The van der Waals surface area contributed by atoms with E-state index in [-0.39, 0.29) is 6.61 Å². The van der Waals surface area contributed by atoms with Crippen LogP contribution >= 0.6 is 0 Å². The predicted molar refractivity (Wildman–Crippen MR) is 170 cm³/mol. The maximum Gasteiger partial charge on any atom is 0.397 e. The van der Waals surface area contributed by atoms with Gasteiger partial charge in [0.1, 0.15) is 0 Å². The normalized spacial score (nSPS) is 11.5. The molecule has 6 heteroatoms. The van der Waals surface area contributed by atoms with Crippen LogP contribution in [0.1, 0.15) is 200 Å². The number of hydrogen-bond acceptors (Lipinski definition) is 4. The van der Waals surface area contributed by atoms with E-state index in [9.17, 15) is 8.42 Å². The molecule has 39 heavy (non-hydrogen) atoms. The number of aliphatic hydroxyl groups is 1. The first-order chi connectivity index (χ1) is 19.0. The van der Waals surface area contributed by atoms with E-state index in [2.05, 4.69) is 18.0 Å². The highest BCUT2D eigenvalue weighted by molar-refractivity contribution is 7.80. The van der Waals surface area contributed by atoms with Gasteiger partial charge in [0.05, 0.1) is 6.61 Å². The topological polar surface area (TPSA) is 83.8 Å². The van der Waals surface area contributed by atoms with Crippen LogP contribution in [0.3, 0.4) is 0 Å². The van der Waals surface area contributed by atoms with Crippen LogP contribution in [0.4, 0.5) is 0 Å².